The third-order valence-corrected chi connectivity index (χ3v) is 2.41. The molecule has 1 aliphatic rings. The number of hydrogen-bond acceptors (Lipinski definition) is 2. The van der Waals surface area contributed by atoms with Crippen LogP contribution in [0.4, 0.5) is 4.39 Å². The van der Waals surface area contributed by atoms with Crippen LogP contribution in [0.25, 0.3) is 0 Å². The molecule has 0 heterocycles. The molecule has 14 heavy (non-hydrogen) atoms. The highest BCUT2D eigenvalue weighted by molar-refractivity contribution is 5.35. The summed E-state index contributed by atoms with van der Waals surface area (Å²) in [6.45, 7) is 0.214. The molecular formula is C11H10FNO. The van der Waals surface area contributed by atoms with E-state index in [9.17, 15) is 9.18 Å². The van der Waals surface area contributed by atoms with Gasteiger partial charge in [0, 0.05) is 0 Å². The largest absolute Gasteiger partial charge is 0.235 e. The topological polar surface area (TPSA) is 29.4 Å². The zero-order valence-electron chi connectivity index (χ0n) is 7.66. The summed E-state index contributed by atoms with van der Waals surface area (Å²) in [6, 6.07) is 5.06. The molecule has 0 saturated heterocycles. The normalized spacial score (nSPS) is 14.9. The quantitative estimate of drug-likeness (QED) is 0.533. The van der Waals surface area contributed by atoms with Crippen molar-refractivity contribution in [2.45, 2.75) is 25.3 Å². The average molecular weight is 191 g/mol. The van der Waals surface area contributed by atoms with Gasteiger partial charge in [-0.1, -0.05) is 12.1 Å². The fraction of sp³-hybridized carbons (Fsp3) is 0.364. The smallest absolute Gasteiger partial charge is 0.211 e. The molecule has 3 heteroatoms. The van der Waals surface area contributed by atoms with Crippen LogP contribution in [0.5, 0.6) is 0 Å². The highest BCUT2D eigenvalue weighted by Crippen LogP contribution is 2.41. The van der Waals surface area contributed by atoms with Gasteiger partial charge in [-0.2, -0.15) is 0 Å². The molecule has 0 unspecified atom stereocenters. The van der Waals surface area contributed by atoms with Crippen LogP contribution in [0.3, 0.4) is 0 Å². The molecule has 1 aliphatic carbocycles. The van der Waals surface area contributed by atoms with Crippen molar-refractivity contribution in [2.75, 3.05) is 0 Å². The van der Waals surface area contributed by atoms with Crippen LogP contribution in [0.2, 0.25) is 0 Å². The van der Waals surface area contributed by atoms with Crippen molar-refractivity contribution in [3.63, 3.8) is 0 Å². The molecule has 0 N–H and O–H groups in total. The molecule has 1 saturated carbocycles. The van der Waals surface area contributed by atoms with E-state index in [0.717, 1.165) is 24.0 Å². The molecule has 72 valence electrons. The predicted molar refractivity (Wildman–Crippen MR) is 50.2 cm³/mol. The maximum absolute atomic E-state index is 13.4. The molecule has 1 fully saturated rings. The molecule has 1 aromatic rings. The molecular weight excluding hydrogens is 181 g/mol. The second kappa shape index (κ2) is 3.72. The number of aliphatic imine (C=N–C) groups is 1. The van der Waals surface area contributed by atoms with Gasteiger partial charge in [0.25, 0.3) is 0 Å². The van der Waals surface area contributed by atoms with E-state index in [0.29, 0.717) is 5.92 Å². The van der Waals surface area contributed by atoms with E-state index in [2.05, 4.69) is 4.99 Å². The first-order chi connectivity index (χ1) is 6.81. The van der Waals surface area contributed by atoms with Crippen molar-refractivity contribution in [2.24, 2.45) is 4.99 Å². The first-order valence-electron chi connectivity index (χ1n) is 4.63. The van der Waals surface area contributed by atoms with E-state index < -0.39 is 0 Å². The Morgan fingerprint density at radius 2 is 2.29 bits per heavy atom. The summed E-state index contributed by atoms with van der Waals surface area (Å²) in [5, 5.41) is 0. The maximum Gasteiger partial charge on any atom is 0.235 e. The lowest BCUT2D eigenvalue weighted by atomic mass is 10.1. The molecule has 0 atom stereocenters. The van der Waals surface area contributed by atoms with Crippen molar-refractivity contribution >= 4 is 6.08 Å². The van der Waals surface area contributed by atoms with Crippen molar-refractivity contribution in [3.05, 3.63) is 35.1 Å². The summed E-state index contributed by atoms with van der Waals surface area (Å²) in [5.74, 6) is 0.240. The third-order valence-electron chi connectivity index (χ3n) is 2.41. The monoisotopic (exact) mass is 191 g/mol. The highest BCUT2D eigenvalue weighted by Gasteiger charge is 2.26. The average Bonchev–Trinajstić information content (AvgIpc) is 2.98. The minimum atomic E-state index is -0.175. The fourth-order valence-corrected chi connectivity index (χ4v) is 1.52. The Balaban J connectivity index is 2.20. The molecule has 2 rings (SSSR count). The molecule has 0 amide bonds. The first-order valence-corrected chi connectivity index (χ1v) is 4.63. The summed E-state index contributed by atoms with van der Waals surface area (Å²) in [6.07, 6.45) is 3.61. The molecule has 2 nitrogen and oxygen atoms in total. The van der Waals surface area contributed by atoms with Gasteiger partial charge in [-0.15, -0.1) is 0 Å². The van der Waals surface area contributed by atoms with Crippen molar-refractivity contribution in [1.29, 1.82) is 0 Å². The summed E-state index contributed by atoms with van der Waals surface area (Å²) in [5.41, 5.74) is 1.51. The number of carbonyl (C=O) groups excluding carboxylic acids is 1. The Bertz CT molecular complexity index is 392. The standard InChI is InChI=1S/C11H10FNO/c12-11-5-8(6-13-7-14)1-4-10(11)9-2-3-9/h1,4-5,9H,2-3,6H2. The van der Waals surface area contributed by atoms with Gasteiger partial charge in [0.15, 0.2) is 0 Å². The molecule has 0 aliphatic heterocycles. The number of isocyanates is 1. The maximum atomic E-state index is 13.4. The Kier molecular flexibility index (Phi) is 2.42. The van der Waals surface area contributed by atoms with E-state index >= 15 is 0 Å². The number of halogens is 1. The molecule has 0 spiro atoms. The van der Waals surface area contributed by atoms with E-state index in [4.69, 9.17) is 0 Å². The second-order valence-corrected chi connectivity index (χ2v) is 3.54. The first kappa shape index (κ1) is 9.10. The zero-order valence-corrected chi connectivity index (χ0v) is 7.66. The zero-order chi connectivity index (χ0) is 9.97. The second-order valence-electron chi connectivity index (χ2n) is 3.54. The van der Waals surface area contributed by atoms with Gasteiger partial charge in [0.05, 0.1) is 6.54 Å². The van der Waals surface area contributed by atoms with E-state index in [1.165, 1.54) is 12.1 Å². The van der Waals surface area contributed by atoms with Crippen LogP contribution in [0, 0.1) is 5.82 Å². The molecule has 0 bridgehead atoms. The van der Waals surface area contributed by atoms with Crippen molar-refractivity contribution < 1.29 is 9.18 Å². The minimum absolute atomic E-state index is 0.175. The van der Waals surface area contributed by atoms with Gasteiger partial charge < -0.3 is 0 Å². The van der Waals surface area contributed by atoms with Gasteiger partial charge in [-0.05, 0) is 36.0 Å². The Morgan fingerprint density at radius 3 is 2.86 bits per heavy atom. The fourth-order valence-electron chi connectivity index (χ4n) is 1.52. The Morgan fingerprint density at radius 1 is 1.50 bits per heavy atom. The third kappa shape index (κ3) is 1.88. The minimum Gasteiger partial charge on any atom is -0.211 e. The van der Waals surface area contributed by atoms with Crippen molar-refractivity contribution in [1.82, 2.24) is 0 Å². The Labute approximate surface area is 81.5 Å². The number of benzene rings is 1. The van der Waals surface area contributed by atoms with E-state index in [1.807, 2.05) is 6.07 Å². The predicted octanol–water partition coefficient (Wildman–Crippen LogP) is 2.54. The summed E-state index contributed by atoms with van der Waals surface area (Å²) in [4.78, 5) is 13.3. The number of rotatable bonds is 3. The number of hydrogen-bond donors (Lipinski definition) is 0. The highest BCUT2D eigenvalue weighted by atomic mass is 19.1. The lowest BCUT2D eigenvalue weighted by molar-refractivity contribution is 0.562. The van der Waals surface area contributed by atoms with Gasteiger partial charge in [-0.3, -0.25) is 0 Å². The summed E-state index contributed by atoms with van der Waals surface area (Å²) >= 11 is 0. The number of nitrogens with zero attached hydrogens (tertiary/aromatic N) is 1. The van der Waals surface area contributed by atoms with Gasteiger partial charge in [0.2, 0.25) is 6.08 Å². The SMILES string of the molecule is O=C=NCc1ccc(C2CC2)c(F)c1. The van der Waals surface area contributed by atoms with Crippen LogP contribution >= 0.6 is 0 Å². The Hall–Kier alpha value is -1.47. The van der Waals surface area contributed by atoms with Gasteiger partial charge in [0.1, 0.15) is 5.82 Å². The van der Waals surface area contributed by atoms with Crippen molar-refractivity contribution in [3.8, 4) is 0 Å². The van der Waals surface area contributed by atoms with Crippen LogP contribution in [0.15, 0.2) is 23.2 Å². The molecule has 0 radical (unpaired) electrons. The van der Waals surface area contributed by atoms with E-state index in [1.54, 1.807) is 6.07 Å². The molecule has 1 aromatic carbocycles. The van der Waals surface area contributed by atoms with Crippen LogP contribution in [0.1, 0.15) is 29.9 Å². The summed E-state index contributed by atoms with van der Waals surface area (Å²) in [7, 11) is 0. The van der Waals surface area contributed by atoms with E-state index in [-0.39, 0.29) is 12.4 Å². The lowest BCUT2D eigenvalue weighted by Gasteiger charge is -2.02. The summed E-state index contributed by atoms with van der Waals surface area (Å²) < 4.78 is 13.4. The van der Waals surface area contributed by atoms with Crippen LogP contribution < -0.4 is 0 Å². The van der Waals surface area contributed by atoms with Crippen LogP contribution in [-0.4, -0.2) is 6.08 Å². The lowest BCUT2D eigenvalue weighted by Crippen LogP contribution is -1.90. The van der Waals surface area contributed by atoms with Gasteiger partial charge in [-0.25, -0.2) is 14.2 Å². The van der Waals surface area contributed by atoms with Crippen LogP contribution in [-0.2, 0) is 11.3 Å². The van der Waals surface area contributed by atoms with Gasteiger partial charge >= 0.3 is 0 Å². The molecule has 0 aromatic heterocycles.